The molecule has 7 heteroatoms. The predicted octanol–water partition coefficient (Wildman–Crippen LogP) is 5.21. The summed E-state index contributed by atoms with van der Waals surface area (Å²) in [6.45, 7) is 2.57. The van der Waals surface area contributed by atoms with Crippen molar-refractivity contribution in [2.75, 3.05) is 16.8 Å². The van der Waals surface area contributed by atoms with Gasteiger partial charge in [0.05, 0.1) is 6.04 Å². The third-order valence-corrected chi connectivity index (χ3v) is 6.15. The molecule has 31 heavy (non-hydrogen) atoms. The molecule has 0 aliphatic carbocycles. The van der Waals surface area contributed by atoms with Crippen LogP contribution < -0.4 is 15.5 Å². The highest BCUT2D eigenvalue weighted by Gasteiger charge is 2.34. The summed E-state index contributed by atoms with van der Waals surface area (Å²) in [7, 11) is 0. The van der Waals surface area contributed by atoms with Gasteiger partial charge in [0.15, 0.2) is 0 Å². The Morgan fingerprint density at radius 1 is 1.19 bits per heavy atom. The van der Waals surface area contributed by atoms with E-state index in [1.54, 1.807) is 23.1 Å². The number of aryl methyl sites for hydroxylation is 1. The van der Waals surface area contributed by atoms with E-state index in [4.69, 9.17) is 11.6 Å². The number of halogens is 2. The fourth-order valence-corrected chi connectivity index (χ4v) is 4.54. The lowest BCUT2D eigenvalue weighted by molar-refractivity contribution is 0.0960. The Kier molecular flexibility index (Phi) is 4.67. The molecule has 2 aliphatic heterocycles. The molecule has 2 heterocycles. The van der Waals surface area contributed by atoms with Crippen LogP contribution >= 0.6 is 11.6 Å². The Balaban J connectivity index is 1.52. The number of urea groups is 1. The summed E-state index contributed by atoms with van der Waals surface area (Å²) < 4.78 is 13.9. The minimum atomic E-state index is -0.657. The first-order valence-electron chi connectivity index (χ1n) is 9.99. The highest BCUT2D eigenvalue weighted by atomic mass is 35.5. The number of benzene rings is 3. The van der Waals surface area contributed by atoms with E-state index in [1.165, 1.54) is 18.2 Å². The van der Waals surface area contributed by atoms with Crippen LogP contribution in [-0.2, 0) is 6.42 Å². The van der Waals surface area contributed by atoms with E-state index in [0.29, 0.717) is 33.9 Å². The van der Waals surface area contributed by atoms with Crippen molar-refractivity contribution in [2.24, 2.45) is 0 Å². The van der Waals surface area contributed by atoms with Gasteiger partial charge in [-0.1, -0.05) is 29.8 Å². The molecular formula is C24H19ClFN3O2. The Labute approximate surface area is 183 Å². The summed E-state index contributed by atoms with van der Waals surface area (Å²) in [6.07, 6.45) is 0.789. The molecule has 156 valence electrons. The molecule has 3 aromatic rings. The molecule has 0 fully saturated rings. The molecule has 0 saturated heterocycles. The smallest absolute Gasteiger partial charge is 0.326 e. The maximum absolute atomic E-state index is 13.9. The molecule has 2 aliphatic rings. The number of nitrogens with zero attached hydrogens (tertiary/aromatic N) is 1. The number of carbonyl (C=O) groups excluding carboxylic acids is 2. The van der Waals surface area contributed by atoms with E-state index in [1.807, 2.05) is 25.1 Å². The highest BCUT2D eigenvalue weighted by molar-refractivity contribution is 6.31. The molecule has 0 saturated carbocycles. The van der Waals surface area contributed by atoms with Gasteiger partial charge in [0.25, 0.3) is 5.91 Å². The number of anilines is 2. The lowest BCUT2D eigenvalue weighted by Crippen LogP contribution is -2.33. The number of amides is 3. The summed E-state index contributed by atoms with van der Waals surface area (Å²) >= 11 is 6.31. The SMILES string of the molecule is Cc1ccc2c(c1)N(C(=O)Nc1cccc3c1C(c1cc(F)ccc1Cl)NC3=O)CC2. The normalized spacial score (nSPS) is 16.7. The summed E-state index contributed by atoms with van der Waals surface area (Å²) in [6, 6.07) is 14.3. The van der Waals surface area contributed by atoms with Gasteiger partial charge in [-0.25, -0.2) is 9.18 Å². The van der Waals surface area contributed by atoms with E-state index >= 15 is 0 Å². The van der Waals surface area contributed by atoms with Crippen molar-refractivity contribution in [3.8, 4) is 0 Å². The average Bonchev–Trinajstić information content (AvgIpc) is 3.31. The van der Waals surface area contributed by atoms with E-state index in [9.17, 15) is 14.0 Å². The van der Waals surface area contributed by atoms with Gasteiger partial charge in [0.2, 0.25) is 0 Å². The zero-order valence-electron chi connectivity index (χ0n) is 16.7. The van der Waals surface area contributed by atoms with Crippen LogP contribution in [0.15, 0.2) is 54.6 Å². The van der Waals surface area contributed by atoms with Crippen LogP contribution in [0.2, 0.25) is 5.02 Å². The van der Waals surface area contributed by atoms with Crippen LogP contribution in [0.1, 0.15) is 38.7 Å². The van der Waals surface area contributed by atoms with Gasteiger partial charge in [0, 0.05) is 39.6 Å². The molecule has 0 bridgehead atoms. The highest BCUT2D eigenvalue weighted by Crippen LogP contribution is 2.39. The second-order valence-electron chi connectivity index (χ2n) is 7.80. The monoisotopic (exact) mass is 435 g/mol. The maximum atomic E-state index is 13.9. The lowest BCUT2D eigenvalue weighted by atomic mass is 9.96. The second-order valence-corrected chi connectivity index (χ2v) is 8.21. The van der Waals surface area contributed by atoms with Gasteiger partial charge >= 0.3 is 6.03 Å². The zero-order chi connectivity index (χ0) is 21.7. The topological polar surface area (TPSA) is 61.4 Å². The molecule has 2 N–H and O–H groups in total. The van der Waals surface area contributed by atoms with E-state index < -0.39 is 11.9 Å². The van der Waals surface area contributed by atoms with Crippen LogP contribution in [0.25, 0.3) is 0 Å². The first-order valence-corrected chi connectivity index (χ1v) is 10.4. The van der Waals surface area contributed by atoms with Crippen molar-refractivity contribution in [1.29, 1.82) is 0 Å². The number of hydrogen-bond acceptors (Lipinski definition) is 2. The molecule has 3 aromatic carbocycles. The van der Waals surface area contributed by atoms with E-state index in [-0.39, 0.29) is 11.9 Å². The third kappa shape index (κ3) is 3.33. The molecule has 0 radical (unpaired) electrons. The zero-order valence-corrected chi connectivity index (χ0v) is 17.5. The Hall–Kier alpha value is -3.38. The van der Waals surface area contributed by atoms with Crippen molar-refractivity contribution >= 4 is 34.9 Å². The van der Waals surface area contributed by atoms with Gasteiger partial charge in [-0.3, -0.25) is 9.69 Å². The maximum Gasteiger partial charge on any atom is 0.326 e. The van der Waals surface area contributed by atoms with Gasteiger partial charge in [-0.05, 0) is 60.9 Å². The van der Waals surface area contributed by atoms with Crippen LogP contribution in [0.4, 0.5) is 20.6 Å². The number of fused-ring (bicyclic) bond motifs is 2. The standard InChI is InChI=1S/C24H19ClFN3O2/c1-13-5-6-14-9-10-29(20(14)11-13)24(31)27-19-4-2-3-16-21(19)22(28-23(16)30)17-12-15(26)7-8-18(17)25/h2-8,11-12,22H,9-10H2,1H3,(H,27,31)(H,28,30). The molecule has 0 aromatic heterocycles. The minimum Gasteiger partial charge on any atom is -0.341 e. The quantitative estimate of drug-likeness (QED) is 0.580. The summed E-state index contributed by atoms with van der Waals surface area (Å²) in [4.78, 5) is 27.4. The molecule has 1 unspecified atom stereocenters. The van der Waals surface area contributed by atoms with E-state index in [0.717, 1.165) is 23.2 Å². The molecule has 5 nitrogen and oxygen atoms in total. The van der Waals surface area contributed by atoms with Gasteiger partial charge < -0.3 is 10.6 Å². The second kappa shape index (κ2) is 7.39. The molecular weight excluding hydrogens is 417 g/mol. The number of hydrogen-bond donors (Lipinski definition) is 2. The first-order chi connectivity index (χ1) is 14.9. The number of carbonyl (C=O) groups is 2. The fourth-order valence-electron chi connectivity index (χ4n) is 4.32. The summed E-state index contributed by atoms with van der Waals surface area (Å²) in [5.41, 5.74) is 5.04. The number of rotatable bonds is 2. The fraction of sp³-hybridized carbons (Fsp3) is 0.167. The van der Waals surface area contributed by atoms with Crippen LogP contribution in [0.3, 0.4) is 0 Å². The van der Waals surface area contributed by atoms with Crippen molar-refractivity contribution in [2.45, 2.75) is 19.4 Å². The van der Waals surface area contributed by atoms with Crippen molar-refractivity contribution in [1.82, 2.24) is 5.32 Å². The van der Waals surface area contributed by atoms with Gasteiger partial charge in [0.1, 0.15) is 5.82 Å². The largest absolute Gasteiger partial charge is 0.341 e. The first kappa shape index (κ1) is 19.6. The van der Waals surface area contributed by atoms with Crippen molar-refractivity contribution in [3.05, 3.63) is 93.3 Å². The molecule has 1 atom stereocenters. The molecule has 0 spiro atoms. The average molecular weight is 436 g/mol. The number of nitrogens with one attached hydrogen (secondary N) is 2. The Morgan fingerprint density at radius 2 is 2.03 bits per heavy atom. The van der Waals surface area contributed by atoms with Crippen LogP contribution in [-0.4, -0.2) is 18.5 Å². The van der Waals surface area contributed by atoms with E-state index in [2.05, 4.69) is 10.6 Å². The van der Waals surface area contributed by atoms with Crippen molar-refractivity contribution in [3.63, 3.8) is 0 Å². The summed E-state index contributed by atoms with van der Waals surface area (Å²) in [5.74, 6) is -0.744. The molecule has 5 rings (SSSR count). The third-order valence-electron chi connectivity index (χ3n) is 5.81. The Bertz CT molecular complexity index is 1240. The van der Waals surface area contributed by atoms with Gasteiger partial charge in [-0.15, -0.1) is 0 Å². The van der Waals surface area contributed by atoms with Crippen LogP contribution in [0, 0.1) is 12.7 Å². The Morgan fingerprint density at radius 3 is 2.87 bits per heavy atom. The lowest BCUT2D eigenvalue weighted by Gasteiger charge is -2.21. The predicted molar refractivity (Wildman–Crippen MR) is 118 cm³/mol. The van der Waals surface area contributed by atoms with Crippen molar-refractivity contribution < 1.29 is 14.0 Å². The van der Waals surface area contributed by atoms with Crippen LogP contribution in [0.5, 0.6) is 0 Å². The minimum absolute atomic E-state index is 0.277. The summed E-state index contributed by atoms with van der Waals surface area (Å²) in [5, 5.41) is 6.15. The van der Waals surface area contributed by atoms with Gasteiger partial charge in [-0.2, -0.15) is 0 Å². The molecule has 3 amide bonds.